The van der Waals surface area contributed by atoms with E-state index < -0.39 is 9.84 Å². The summed E-state index contributed by atoms with van der Waals surface area (Å²) >= 11 is 0. The zero-order chi connectivity index (χ0) is 20.6. The molecule has 0 atom stereocenters. The Morgan fingerprint density at radius 2 is 1.86 bits per heavy atom. The van der Waals surface area contributed by atoms with Gasteiger partial charge in [-0.15, -0.1) is 0 Å². The van der Waals surface area contributed by atoms with Gasteiger partial charge in [-0.3, -0.25) is 4.79 Å². The number of anilines is 1. The summed E-state index contributed by atoms with van der Waals surface area (Å²) < 4.78 is 29.7. The van der Waals surface area contributed by atoms with E-state index in [1.807, 2.05) is 0 Å². The first-order valence-corrected chi connectivity index (χ1v) is 11.8. The average molecular weight is 420 g/mol. The molecule has 2 aliphatic rings. The SMILES string of the molecule is Cc1cc(C(=O)N2CCC(c3nc(N4CCCC4)ncc3S(C)(=O)=O)CC2)on1. The highest BCUT2D eigenvalue weighted by atomic mass is 32.2. The number of likely N-dealkylation sites (tertiary alicyclic amines) is 1. The molecule has 0 bridgehead atoms. The van der Waals surface area contributed by atoms with Gasteiger partial charge in [-0.2, -0.15) is 0 Å². The van der Waals surface area contributed by atoms with Crippen LogP contribution in [0, 0.1) is 6.92 Å². The van der Waals surface area contributed by atoms with E-state index in [0.717, 1.165) is 25.9 Å². The molecule has 0 saturated carbocycles. The Balaban J connectivity index is 1.55. The Hall–Kier alpha value is -2.49. The van der Waals surface area contributed by atoms with Crippen LogP contribution in [-0.4, -0.2) is 66.8 Å². The number of hydrogen-bond donors (Lipinski definition) is 0. The predicted octanol–water partition coefficient (Wildman–Crippen LogP) is 1.80. The molecular formula is C19H25N5O4S. The number of hydrogen-bond acceptors (Lipinski definition) is 8. The van der Waals surface area contributed by atoms with Crippen molar-refractivity contribution in [3.8, 4) is 0 Å². The third-order valence-corrected chi connectivity index (χ3v) is 6.68. The molecule has 2 aliphatic heterocycles. The fourth-order valence-electron chi connectivity index (χ4n) is 4.00. The minimum Gasteiger partial charge on any atom is -0.351 e. The summed E-state index contributed by atoms with van der Waals surface area (Å²) in [6.45, 7) is 4.57. The monoisotopic (exact) mass is 419 g/mol. The van der Waals surface area contributed by atoms with Gasteiger partial charge in [0, 0.05) is 44.4 Å². The molecule has 0 spiro atoms. The first kappa shape index (κ1) is 19.8. The average Bonchev–Trinajstić information content (AvgIpc) is 3.38. The molecule has 2 saturated heterocycles. The molecule has 0 unspecified atom stereocenters. The predicted molar refractivity (Wildman–Crippen MR) is 106 cm³/mol. The highest BCUT2D eigenvalue weighted by Gasteiger charge is 2.31. The second-order valence-corrected chi connectivity index (χ2v) is 9.77. The van der Waals surface area contributed by atoms with Gasteiger partial charge in [0.1, 0.15) is 4.90 Å². The van der Waals surface area contributed by atoms with Crippen LogP contribution >= 0.6 is 0 Å². The molecule has 2 aromatic rings. The van der Waals surface area contributed by atoms with Gasteiger partial charge in [0.15, 0.2) is 9.84 Å². The van der Waals surface area contributed by atoms with Crippen molar-refractivity contribution in [3.63, 3.8) is 0 Å². The second kappa shape index (κ2) is 7.74. The maximum atomic E-state index is 12.6. The summed E-state index contributed by atoms with van der Waals surface area (Å²) in [4.78, 5) is 25.6. The topological polar surface area (TPSA) is 110 Å². The number of carbonyl (C=O) groups excluding carboxylic acids is 1. The molecule has 0 aromatic carbocycles. The Bertz CT molecular complexity index is 1010. The van der Waals surface area contributed by atoms with Gasteiger partial charge in [-0.25, -0.2) is 18.4 Å². The fourth-order valence-corrected chi connectivity index (χ4v) is 4.83. The number of nitrogens with zero attached hydrogens (tertiary/aromatic N) is 5. The first-order chi connectivity index (χ1) is 13.8. The van der Waals surface area contributed by atoms with E-state index in [1.165, 1.54) is 12.5 Å². The van der Waals surface area contributed by atoms with Crippen LogP contribution in [0.5, 0.6) is 0 Å². The fraction of sp³-hybridized carbons (Fsp3) is 0.579. The van der Waals surface area contributed by atoms with Crippen molar-refractivity contribution in [1.29, 1.82) is 0 Å². The molecule has 0 aliphatic carbocycles. The molecule has 10 heteroatoms. The summed E-state index contributed by atoms with van der Waals surface area (Å²) in [6, 6.07) is 1.63. The minimum atomic E-state index is -3.44. The summed E-state index contributed by atoms with van der Waals surface area (Å²) in [6.07, 6.45) is 6.09. The van der Waals surface area contributed by atoms with Crippen LogP contribution in [0.2, 0.25) is 0 Å². The number of aromatic nitrogens is 3. The van der Waals surface area contributed by atoms with Crippen molar-refractivity contribution in [1.82, 2.24) is 20.0 Å². The molecule has 156 valence electrons. The number of piperidine rings is 1. The number of sulfone groups is 1. The van der Waals surface area contributed by atoms with E-state index in [9.17, 15) is 13.2 Å². The lowest BCUT2D eigenvalue weighted by atomic mass is 9.93. The summed E-state index contributed by atoms with van der Waals surface area (Å²) in [5.74, 6) is 0.606. The molecular weight excluding hydrogens is 394 g/mol. The molecule has 0 N–H and O–H groups in total. The number of amides is 1. The van der Waals surface area contributed by atoms with Gasteiger partial charge in [0.05, 0.1) is 17.6 Å². The third-order valence-electron chi connectivity index (χ3n) is 5.57. The molecule has 9 nitrogen and oxygen atoms in total. The lowest BCUT2D eigenvalue weighted by Crippen LogP contribution is -2.38. The van der Waals surface area contributed by atoms with Crippen LogP contribution in [-0.2, 0) is 9.84 Å². The van der Waals surface area contributed by atoms with E-state index in [-0.39, 0.29) is 22.5 Å². The quantitative estimate of drug-likeness (QED) is 0.738. The number of rotatable bonds is 4. The van der Waals surface area contributed by atoms with Gasteiger partial charge in [0.2, 0.25) is 11.7 Å². The molecule has 1 amide bonds. The lowest BCUT2D eigenvalue weighted by Gasteiger charge is -2.32. The zero-order valence-corrected chi connectivity index (χ0v) is 17.5. The van der Waals surface area contributed by atoms with Crippen LogP contribution in [0.1, 0.15) is 53.5 Å². The van der Waals surface area contributed by atoms with Crippen LogP contribution in [0.4, 0.5) is 5.95 Å². The minimum absolute atomic E-state index is 0.0374. The summed E-state index contributed by atoms with van der Waals surface area (Å²) in [7, 11) is -3.44. The van der Waals surface area contributed by atoms with Crippen molar-refractivity contribution in [2.24, 2.45) is 0 Å². The van der Waals surface area contributed by atoms with Gasteiger partial charge in [0.25, 0.3) is 5.91 Å². The van der Waals surface area contributed by atoms with Gasteiger partial charge < -0.3 is 14.3 Å². The van der Waals surface area contributed by atoms with Gasteiger partial charge >= 0.3 is 0 Å². The maximum Gasteiger partial charge on any atom is 0.292 e. The van der Waals surface area contributed by atoms with Crippen molar-refractivity contribution in [2.45, 2.75) is 43.4 Å². The largest absolute Gasteiger partial charge is 0.351 e. The molecule has 2 aromatic heterocycles. The lowest BCUT2D eigenvalue weighted by molar-refractivity contribution is 0.0669. The Labute approximate surface area is 170 Å². The van der Waals surface area contributed by atoms with Crippen molar-refractivity contribution in [3.05, 3.63) is 29.4 Å². The Morgan fingerprint density at radius 3 is 2.45 bits per heavy atom. The summed E-state index contributed by atoms with van der Waals surface area (Å²) in [5.41, 5.74) is 1.24. The van der Waals surface area contributed by atoms with Crippen molar-refractivity contribution in [2.75, 3.05) is 37.3 Å². The van der Waals surface area contributed by atoms with Gasteiger partial charge in [-0.05, 0) is 32.6 Å². The zero-order valence-electron chi connectivity index (χ0n) is 16.7. The third kappa shape index (κ3) is 4.12. The highest BCUT2D eigenvalue weighted by molar-refractivity contribution is 7.90. The van der Waals surface area contributed by atoms with Crippen molar-refractivity contribution >= 4 is 21.7 Å². The van der Waals surface area contributed by atoms with E-state index in [2.05, 4.69) is 20.0 Å². The summed E-state index contributed by atoms with van der Waals surface area (Å²) in [5, 5.41) is 3.77. The van der Waals surface area contributed by atoms with E-state index in [0.29, 0.717) is 43.3 Å². The molecule has 2 fully saturated rings. The highest BCUT2D eigenvalue weighted by Crippen LogP contribution is 2.33. The van der Waals surface area contributed by atoms with E-state index >= 15 is 0 Å². The smallest absolute Gasteiger partial charge is 0.292 e. The number of carbonyl (C=O) groups is 1. The van der Waals surface area contributed by atoms with Crippen LogP contribution in [0.25, 0.3) is 0 Å². The van der Waals surface area contributed by atoms with Crippen molar-refractivity contribution < 1.29 is 17.7 Å². The van der Waals surface area contributed by atoms with Crippen LogP contribution < -0.4 is 4.90 Å². The van der Waals surface area contributed by atoms with Crippen LogP contribution in [0.15, 0.2) is 21.7 Å². The van der Waals surface area contributed by atoms with Crippen LogP contribution in [0.3, 0.4) is 0 Å². The van der Waals surface area contributed by atoms with E-state index in [4.69, 9.17) is 4.52 Å². The Morgan fingerprint density at radius 1 is 1.17 bits per heavy atom. The molecule has 4 heterocycles. The maximum absolute atomic E-state index is 12.6. The second-order valence-electron chi connectivity index (χ2n) is 7.78. The molecule has 29 heavy (non-hydrogen) atoms. The normalized spacial score (nSPS) is 18.4. The standard InChI is InChI=1S/C19H25N5O4S/c1-13-11-15(28-22-13)18(25)23-9-5-14(6-10-23)17-16(29(2,26)27)12-20-19(21-17)24-7-3-4-8-24/h11-12,14H,3-10H2,1-2H3. The molecule has 0 radical (unpaired) electrons. The Kier molecular flexibility index (Phi) is 5.28. The van der Waals surface area contributed by atoms with E-state index in [1.54, 1.807) is 17.9 Å². The molecule has 4 rings (SSSR count). The number of aryl methyl sites for hydroxylation is 1. The first-order valence-electron chi connectivity index (χ1n) is 9.87. The van der Waals surface area contributed by atoms with Gasteiger partial charge in [-0.1, -0.05) is 5.16 Å².